The van der Waals surface area contributed by atoms with Crippen molar-refractivity contribution in [1.82, 2.24) is 5.32 Å². The standard InChI is InChI=1S/C20H23BrN2O3/c1-12(2)22-19(24)14-6-5-7-16(10-14)23-20(25)15-8-9-18(17(21)11-15)26-13(3)4/h5-13H,1-4H3,(H,22,24)(H,23,25). The predicted octanol–water partition coefficient (Wildman–Crippen LogP) is 4.63. The number of benzene rings is 2. The van der Waals surface area contributed by atoms with Gasteiger partial charge in [0.15, 0.2) is 0 Å². The van der Waals surface area contributed by atoms with Gasteiger partial charge >= 0.3 is 0 Å². The molecule has 2 aromatic rings. The van der Waals surface area contributed by atoms with Crippen LogP contribution >= 0.6 is 15.9 Å². The smallest absolute Gasteiger partial charge is 0.255 e. The lowest BCUT2D eigenvalue weighted by molar-refractivity contribution is 0.0941. The summed E-state index contributed by atoms with van der Waals surface area (Å²) in [6.45, 7) is 7.67. The SMILES string of the molecule is CC(C)NC(=O)c1cccc(NC(=O)c2ccc(OC(C)C)c(Br)c2)c1. The van der Waals surface area contributed by atoms with E-state index in [0.717, 1.165) is 0 Å². The first kappa shape index (κ1) is 20.0. The molecular formula is C20H23BrN2O3. The molecule has 0 radical (unpaired) electrons. The average molecular weight is 419 g/mol. The third-order valence-electron chi connectivity index (χ3n) is 3.36. The highest BCUT2D eigenvalue weighted by Crippen LogP contribution is 2.27. The Bertz CT molecular complexity index is 803. The number of nitrogens with one attached hydrogen (secondary N) is 2. The zero-order valence-corrected chi connectivity index (χ0v) is 16.9. The maximum Gasteiger partial charge on any atom is 0.255 e. The van der Waals surface area contributed by atoms with Crippen LogP contribution < -0.4 is 15.4 Å². The van der Waals surface area contributed by atoms with E-state index in [1.54, 1.807) is 42.5 Å². The number of amides is 2. The summed E-state index contributed by atoms with van der Waals surface area (Å²) in [6, 6.07) is 12.1. The van der Waals surface area contributed by atoms with Gasteiger partial charge in [-0.3, -0.25) is 9.59 Å². The molecule has 0 saturated carbocycles. The number of carbonyl (C=O) groups excluding carboxylic acids is 2. The summed E-state index contributed by atoms with van der Waals surface area (Å²) in [5, 5.41) is 5.64. The second kappa shape index (κ2) is 8.85. The number of anilines is 1. The quantitative estimate of drug-likeness (QED) is 0.718. The van der Waals surface area contributed by atoms with Crippen molar-refractivity contribution in [1.29, 1.82) is 0 Å². The molecule has 0 atom stereocenters. The average Bonchev–Trinajstić information content (AvgIpc) is 2.56. The summed E-state index contributed by atoms with van der Waals surface area (Å²) in [6.07, 6.45) is 0.0469. The fourth-order valence-electron chi connectivity index (χ4n) is 2.28. The Labute approximate surface area is 162 Å². The summed E-state index contributed by atoms with van der Waals surface area (Å²) in [7, 11) is 0. The summed E-state index contributed by atoms with van der Waals surface area (Å²) in [5.41, 5.74) is 1.55. The molecule has 0 aliphatic heterocycles. The van der Waals surface area contributed by atoms with Crippen LogP contribution in [0.4, 0.5) is 5.69 Å². The molecule has 0 aliphatic carbocycles. The second-order valence-corrected chi connectivity index (χ2v) is 7.33. The van der Waals surface area contributed by atoms with Gasteiger partial charge in [-0.25, -0.2) is 0 Å². The largest absolute Gasteiger partial charge is 0.490 e. The molecule has 26 heavy (non-hydrogen) atoms. The molecule has 2 rings (SSSR count). The lowest BCUT2D eigenvalue weighted by Crippen LogP contribution is -2.30. The first-order valence-corrected chi connectivity index (χ1v) is 9.24. The van der Waals surface area contributed by atoms with Gasteiger partial charge in [0, 0.05) is 22.9 Å². The molecule has 0 spiro atoms. The van der Waals surface area contributed by atoms with Gasteiger partial charge in [0.05, 0.1) is 10.6 Å². The lowest BCUT2D eigenvalue weighted by atomic mass is 10.1. The van der Waals surface area contributed by atoms with Gasteiger partial charge in [0.25, 0.3) is 11.8 Å². The van der Waals surface area contributed by atoms with Crippen molar-refractivity contribution in [2.75, 3.05) is 5.32 Å². The maximum absolute atomic E-state index is 12.5. The fraction of sp³-hybridized carbons (Fsp3) is 0.300. The summed E-state index contributed by atoms with van der Waals surface area (Å²) < 4.78 is 6.36. The molecule has 2 amide bonds. The molecule has 0 fully saturated rings. The highest BCUT2D eigenvalue weighted by atomic mass is 79.9. The molecule has 0 aliphatic rings. The Balaban J connectivity index is 2.12. The van der Waals surface area contributed by atoms with Gasteiger partial charge in [-0.1, -0.05) is 6.07 Å². The Morgan fingerprint density at radius 2 is 1.65 bits per heavy atom. The van der Waals surface area contributed by atoms with E-state index in [0.29, 0.717) is 27.0 Å². The minimum atomic E-state index is -0.261. The van der Waals surface area contributed by atoms with Crippen LogP contribution in [0.2, 0.25) is 0 Å². The highest BCUT2D eigenvalue weighted by molar-refractivity contribution is 9.10. The van der Waals surface area contributed by atoms with E-state index in [1.165, 1.54) is 0 Å². The first-order chi connectivity index (χ1) is 12.3. The van der Waals surface area contributed by atoms with Gasteiger partial charge in [0.1, 0.15) is 5.75 Å². The van der Waals surface area contributed by atoms with E-state index in [1.807, 2.05) is 27.7 Å². The van der Waals surface area contributed by atoms with Crippen LogP contribution in [0.3, 0.4) is 0 Å². The predicted molar refractivity (Wildman–Crippen MR) is 107 cm³/mol. The van der Waals surface area contributed by atoms with Crippen LogP contribution in [0.25, 0.3) is 0 Å². The van der Waals surface area contributed by atoms with E-state index in [-0.39, 0.29) is 24.0 Å². The summed E-state index contributed by atoms with van der Waals surface area (Å²) in [5.74, 6) is 0.251. The van der Waals surface area contributed by atoms with Crippen LogP contribution in [0.5, 0.6) is 5.75 Å². The number of halogens is 1. The Morgan fingerprint density at radius 3 is 2.27 bits per heavy atom. The maximum atomic E-state index is 12.5. The minimum absolute atomic E-state index is 0.0460. The van der Waals surface area contributed by atoms with Gasteiger partial charge in [-0.05, 0) is 80.0 Å². The van der Waals surface area contributed by atoms with Crippen molar-refractivity contribution in [3.05, 3.63) is 58.1 Å². The third-order valence-corrected chi connectivity index (χ3v) is 3.98. The number of hydrogen-bond acceptors (Lipinski definition) is 3. The zero-order chi connectivity index (χ0) is 19.3. The molecule has 6 heteroatoms. The van der Waals surface area contributed by atoms with E-state index in [9.17, 15) is 9.59 Å². The normalized spacial score (nSPS) is 10.7. The monoisotopic (exact) mass is 418 g/mol. The van der Waals surface area contributed by atoms with Crippen molar-refractivity contribution in [3.8, 4) is 5.75 Å². The molecule has 0 heterocycles. The van der Waals surface area contributed by atoms with Crippen LogP contribution in [-0.2, 0) is 0 Å². The number of hydrogen-bond donors (Lipinski definition) is 2. The Hall–Kier alpha value is -2.34. The second-order valence-electron chi connectivity index (χ2n) is 6.47. The van der Waals surface area contributed by atoms with Gasteiger partial charge in [0.2, 0.25) is 0 Å². The topological polar surface area (TPSA) is 67.4 Å². The lowest BCUT2D eigenvalue weighted by Gasteiger charge is -2.13. The van der Waals surface area contributed by atoms with Gasteiger partial charge < -0.3 is 15.4 Å². The molecule has 0 bridgehead atoms. The summed E-state index contributed by atoms with van der Waals surface area (Å²) >= 11 is 3.42. The van der Waals surface area contributed by atoms with Crippen LogP contribution in [0, 0.1) is 0 Å². The van der Waals surface area contributed by atoms with Crippen LogP contribution in [0.1, 0.15) is 48.4 Å². The first-order valence-electron chi connectivity index (χ1n) is 8.44. The number of carbonyl (C=O) groups is 2. The molecular weight excluding hydrogens is 396 g/mol. The molecule has 2 N–H and O–H groups in total. The van der Waals surface area contributed by atoms with E-state index in [2.05, 4.69) is 26.6 Å². The molecule has 2 aromatic carbocycles. The Morgan fingerprint density at radius 1 is 0.962 bits per heavy atom. The highest BCUT2D eigenvalue weighted by Gasteiger charge is 2.12. The van der Waals surface area contributed by atoms with Crippen molar-refractivity contribution in [2.45, 2.75) is 39.8 Å². The van der Waals surface area contributed by atoms with Crippen LogP contribution in [-0.4, -0.2) is 24.0 Å². The van der Waals surface area contributed by atoms with Crippen molar-refractivity contribution in [3.63, 3.8) is 0 Å². The van der Waals surface area contributed by atoms with Crippen LogP contribution in [0.15, 0.2) is 46.9 Å². The fourth-order valence-corrected chi connectivity index (χ4v) is 2.75. The van der Waals surface area contributed by atoms with Crippen molar-refractivity contribution < 1.29 is 14.3 Å². The Kier molecular flexibility index (Phi) is 6.80. The molecule has 138 valence electrons. The molecule has 5 nitrogen and oxygen atoms in total. The number of rotatable bonds is 6. The van der Waals surface area contributed by atoms with E-state index in [4.69, 9.17) is 4.74 Å². The van der Waals surface area contributed by atoms with Gasteiger partial charge in [-0.15, -0.1) is 0 Å². The molecule has 0 aromatic heterocycles. The van der Waals surface area contributed by atoms with Crippen molar-refractivity contribution in [2.24, 2.45) is 0 Å². The van der Waals surface area contributed by atoms with E-state index < -0.39 is 0 Å². The number of ether oxygens (including phenoxy) is 1. The molecule has 0 unspecified atom stereocenters. The zero-order valence-electron chi connectivity index (χ0n) is 15.3. The van der Waals surface area contributed by atoms with Crippen molar-refractivity contribution >= 4 is 33.4 Å². The minimum Gasteiger partial charge on any atom is -0.490 e. The van der Waals surface area contributed by atoms with Gasteiger partial charge in [-0.2, -0.15) is 0 Å². The van der Waals surface area contributed by atoms with E-state index >= 15 is 0 Å². The summed E-state index contributed by atoms with van der Waals surface area (Å²) in [4.78, 5) is 24.6. The molecule has 0 saturated heterocycles. The third kappa shape index (κ3) is 5.59.